The van der Waals surface area contributed by atoms with Gasteiger partial charge in [-0.1, -0.05) is 49.0 Å². The van der Waals surface area contributed by atoms with Crippen molar-refractivity contribution in [2.24, 2.45) is 5.73 Å². The lowest BCUT2D eigenvalue weighted by Gasteiger charge is -2.23. The van der Waals surface area contributed by atoms with Crippen LogP contribution in [0.4, 0.5) is 26.3 Å². The zero-order chi connectivity index (χ0) is 25.5. The highest BCUT2D eigenvalue weighted by atomic mass is 19.4. The van der Waals surface area contributed by atoms with Crippen molar-refractivity contribution in [3.05, 3.63) is 107 Å². The van der Waals surface area contributed by atoms with Crippen LogP contribution in [0.3, 0.4) is 0 Å². The largest absolute Gasteiger partial charge is 0.416 e. The van der Waals surface area contributed by atoms with Crippen LogP contribution in [0, 0.1) is 0 Å². The number of benzene rings is 2. The normalized spacial score (nSPS) is 12.6. The summed E-state index contributed by atoms with van der Waals surface area (Å²) in [6, 6.07) is 11.6. The second kappa shape index (κ2) is 10.9. The molecule has 2 rings (SSSR count). The van der Waals surface area contributed by atoms with E-state index < -0.39 is 35.2 Å². The minimum atomic E-state index is -4.72. The highest BCUT2D eigenvalue weighted by Gasteiger charge is 2.31. The number of nitrogens with two attached hydrogens (primary N) is 1. The minimum Gasteiger partial charge on any atom is -0.403 e. The van der Waals surface area contributed by atoms with Gasteiger partial charge in [-0.15, -0.1) is 0 Å². The van der Waals surface area contributed by atoms with Crippen LogP contribution < -0.4 is 5.73 Å². The third-order valence-electron chi connectivity index (χ3n) is 4.68. The van der Waals surface area contributed by atoms with Crippen molar-refractivity contribution in [3.63, 3.8) is 0 Å². The van der Waals surface area contributed by atoms with Crippen molar-refractivity contribution >= 4 is 11.7 Å². The predicted molar refractivity (Wildman–Crippen MR) is 114 cm³/mol. The molecule has 0 saturated carbocycles. The lowest BCUT2D eigenvalue weighted by atomic mass is 10.1. The Bertz CT molecular complexity index is 1090. The summed E-state index contributed by atoms with van der Waals surface area (Å²) in [4.78, 5) is 26.5. The number of carbonyl (C=O) groups is 2. The summed E-state index contributed by atoms with van der Waals surface area (Å²) in [5.74, 6) is -2.01. The van der Waals surface area contributed by atoms with Crippen molar-refractivity contribution in [3.8, 4) is 0 Å². The van der Waals surface area contributed by atoms with E-state index in [9.17, 15) is 35.9 Å². The number of halogens is 6. The van der Waals surface area contributed by atoms with Gasteiger partial charge in [-0.2, -0.15) is 26.3 Å². The van der Waals surface area contributed by atoms with Gasteiger partial charge in [-0.3, -0.25) is 9.59 Å². The second-order valence-electron chi connectivity index (χ2n) is 7.04. The fourth-order valence-corrected chi connectivity index (χ4v) is 2.80. The molecule has 0 atom stereocenters. The Hall–Kier alpha value is -3.82. The average Bonchev–Trinajstić information content (AvgIpc) is 2.79. The lowest BCUT2D eigenvalue weighted by molar-refractivity contribution is -0.137. The van der Waals surface area contributed by atoms with Gasteiger partial charge in [-0.25, -0.2) is 0 Å². The van der Waals surface area contributed by atoms with Crippen LogP contribution in [-0.4, -0.2) is 29.3 Å². The molecule has 1 amide bonds. The van der Waals surface area contributed by atoms with Gasteiger partial charge in [0.05, 0.1) is 11.3 Å². The number of nitrogens with zero attached hydrogens (tertiary/aromatic N) is 1. The van der Waals surface area contributed by atoms with E-state index in [1.807, 2.05) is 0 Å². The Morgan fingerprint density at radius 3 is 2.00 bits per heavy atom. The molecule has 10 heteroatoms. The number of carbonyl (C=O) groups excluding carboxylic acids is 2. The molecule has 4 nitrogen and oxygen atoms in total. The molecule has 2 aromatic rings. The van der Waals surface area contributed by atoms with E-state index in [-0.39, 0.29) is 24.2 Å². The number of allylic oxidation sites excluding steroid dienone is 3. The SMILES string of the molecule is C=C(/C=C\C(=C/N)N(CCc1ccc(C(F)(F)F)cc1)C(=O)C(=O)c1ccccc1)C(F)(F)F. The summed E-state index contributed by atoms with van der Waals surface area (Å²) < 4.78 is 76.7. The molecular formula is C24H20F6N2O2. The molecule has 0 saturated heterocycles. The topological polar surface area (TPSA) is 63.4 Å². The molecule has 180 valence electrons. The first-order valence-corrected chi connectivity index (χ1v) is 9.78. The van der Waals surface area contributed by atoms with Crippen molar-refractivity contribution in [2.75, 3.05) is 6.54 Å². The minimum absolute atomic E-state index is 0.00263. The van der Waals surface area contributed by atoms with Crippen LogP contribution in [0.15, 0.2) is 90.8 Å². The number of Topliss-reactive ketones (excluding diaryl/α,β-unsaturated/α-hetero) is 1. The standard InChI is InChI=1S/C24H20F6N2O2/c1-16(23(25,26)27)7-12-20(15-31)32(22(34)21(33)18-5-3-2-4-6-18)14-13-17-8-10-19(11-9-17)24(28,29)30/h2-12,15H,1,13-14,31H2/b12-7-,20-15+. The van der Waals surface area contributed by atoms with E-state index in [0.717, 1.165) is 29.3 Å². The molecule has 0 unspecified atom stereocenters. The first-order valence-electron chi connectivity index (χ1n) is 9.78. The molecule has 0 aliphatic rings. The van der Waals surface area contributed by atoms with Crippen LogP contribution in [0.2, 0.25) is 0 Å². The smallest absolute Gasteiger partial charge is 0.403 e. The highest BCUT2D eigenvalue weighted by molar-refractivity contribution is 6.43. The maximum Gasteiger partial charge on any atom is 0.416 e. The Morgan fingerprint density at radius 1 is 0.912 bits per heavy atom. The molecule has 2 aromatic carbocycles. The summed E-state index contributed by atoms with van der Waals surface area (Å²) in [7, 11) is 0. The van der Waals surface area contributed by atoms with Crippen molar-refractivity contribution in [2.45, 2.75) is 18.8 Å². The molecule has 0 bridgehead atoms. The summed E-state index contributed by atoms with van der Waals surface area (Å²) in [5.41, 5.74) is 3.69. The van der Waals surface area contributed by atoms with Gasteiger partial charge >= 0.3 is 12.4 Å². The first kappa shape index (κ1) is 26.4. The monoisotopic (exact) mass is 482 g/mol. The summed E-state index contributed by atoms with van der Waals surface area (Å²) in [5, 5.41) is 0. The molecule has 0 radical (unpaired) electrons. The fraction of sp³-hybridized carbons (Fsp3) is 0.167. The summed E-state index contributed by atoms with van der Waals surface area (Å²) >= 11 is 0. The van der Waals surface area contributed by atoms with Crippen LogP contribution >= 0.6 is 0 Å². The van der Waals surface area contributed by atoms with Gasteiger partial charge in [0.25, 0.3) is 11.7 Å². The highest BCUT2D eigenvalue weighted by Crippen LogP contribution is 2.29. The number of amides is 1. The van der Waals surface area contributed by atoms with Crippen LogP contribution in [0.1, 0.15) is 21.5 Å². The van der Waals surface area contributed by atoms with Gasteiger partial charge < -0.3 is 10.6 Å². The molecule has 0 spiro atoms. The zero-order valence-electron chi connectivity index (χ0n) is 17.7. The van der Waals surface area contributed by atoms with Crippen LogP contribution in [0.25, 0.3) is 0 Å². The molecular weight excluding hydrogens is 462 g/mol. The van der Waals surface area contributed by atoms with Gasteiger partial charge in [-0.05, 0) is 36.3 Å². The van der Waals surface area contributed by atoms with E-state index in [1.165, 1.54) is 36.4 Å². The molecule has 0 aliphatic carbocycles. The van der Waals surface area contributed by atoms with E-state index >= 15 is 0 Å². The third-order valence-corrected chi connectivity index (χ3v) is 4.68. The van der Waals surface area contributed by atoms with E-state index in [4.69, 9.17) is 5.73 Å². The fourth-order valence-electron chi connectivity index (χ4n) is 2.80. The molecule has 0 aromatic heterocycles. The van der Waals surface area contributed by atoms with E-state index in [1.54, 1.807) is 6.07 Å². The number of rotatable bonds is 8. The molecule has 2 N–H and O–H groups in total. The number of hydrogen-bond donors (Lipinski definition) is 1. The van der Waals surface area contributed by atoms with Crippen molar-refractivity contribution in [1.82, 2.24) is 4.90 Å². The molecule has 0 fully saturated rings. The number of alkyl halides is 6. The van der Waals surface area contributed by atoms with Gasteiger partial charge in [0, 0.05) is 23.9 Å². The van der Waals surface area contributed by atoms with Crippen LogP contribution in [0.5, 0.6) is 0 Å². The summed E-state index contributed by atoms with van der Waals surface area (Å²) in [6.07, 6.45) is -6.90. The Kier molecular flexibility index (Phi) is 8.45. The number of hydrogen-bond acceptors (Lipinski definition) is 3. The third kappa shape index (κ3) is 7.09. The van der Waals surface area contributed by atoms with Crippen LogP contribution in [-0.2, 0) is 17.4 Å². The molecule has 34 heavy (non-hydrogen) atoms. The second-order valence-corrected chi connectivity index (χ2v) is 7.04. The lowest BCUT2D eigenvalue weighted by Crippen LogP contribution is -2.37. The average molecular weight is 482 g/mol. The maximum absolute atomic E-state index is 12.9. The van der Waals surface area contributed by atoms with Gasteiger partial charge in [0.15, 0.2) is 0 Å². The van der Waals surface area contributed by atoms with Crippen molar-refractivity contribution < 1.29 is 35.9 Å². The zero-order valence-corrected chi connectivity index (χ0v) is 17.7. The van der Waals surface area contributed by atoms with E-state index in [0.29, 0.717) is 11.6 Å². The maximum atomic E-state index is 12.9. The Balaban J connectivity index is 2.32. The predicted octanol–water partition coefficient (Wildman–Crippen LogP) is 5.43. The molecule has 0 heterocycles. The van der Waals surface area contributed by atoms with E-state index in [2.05, 4.69) is 6.58 Å². The first-order chi connectivity index (χ1) is 15.8. The Morgan fingerprint density at radius 2 is 1.50 bits per heavy atom. The van der Waals surface area contributed by atoms with Gasteiger partial charge in [0.1, 0.15) is 0 Å². The number of ketones is 1. The quantitative estimate of drug-likeness (QED) is 0.236. The van der Waals surface area contributed by atoms with Crippen molar-refractivity contribution in [1.29, 1.82) is 0 Å². The molecule has 0 aliphatic heterocycles. The Labute approximate surface area is 191 Å². The van der Waals surface area contributed by atoms with Gasteiger partial charge in [0.2, 0.25) is 0 Å². The summed E-state index contributed by atoms with van der Waals surface area (Å²) in [6.45, 7) is 2.66.